The Morgan fingerprint density at radius 1 is 1.17 bits per heavy atom. The van der Waals surface area contributed by atoms with Gasteiger partial charge in [-0.15, -0.1) is 0 Å². The molecule has 1 saturated heterocycles. The Bertz CT molecular complexity index is 740. The highest BCUT2D eigenvalue weighted by atomic mass is 16.1. The van der Waals surface area contributed by atoms with E-state index in [9.17, 15) is 4.79 Å². The van der Waals surface area contributed by atoms with Crippen LogP contribution in [0.4, 0.5) is 5.69 Å². The second kappa shape index (κ2) is 6.75. The fourth-order valence-corrected chi connectivity index (χ4v) is 3.74. The van der Waals surface area contributed by atoms with Crippen molar-refractivity contribution in [1.82, 2.24) is 4.98 Å². The third kappa shape index (κ3) is 3.13. The predicted molar refractivity (Wildman–Crippen MR) is 96.5 cm³/mol. The van der Waals surface area contributed by atoms with Crippen molar-refractivity contribution in [2.24, 2.45) is 0 Å². The van der Waals surface area contributed by atoms with Crippen molar-refractivity contribution in [3.05, 3.63) is 39.7 Å². The lowest BCUT2D eigenvalue weighted by atomic mass is 10.1. The predicted octanol–water partition coefficient (Wildman–Crippen LogP) is 1.86. The topological polar surface area (TPSA) is 40.5 Å². The molecule has 3 rings (SSSR count). The van der Waals surface area contributed by atoms with Gasteiger partial charge in [-0.3, -0.25) is 4.79 Å². The largest absolute Gasteiger partial charge is 0.372 e. The summed E-state index contributed by atoms with van der Waals surface area (Å²) in [7, 11) is 0. The van der Waals surface area contributed by atoms with Crippen LogP contribution < -0.4 is 15.2 Å². The van der Waals surface area contributed by atoms with Crippen LogP contribution in [0.15, 0.2) is 23.0 Å². The van der Waals surface area contributed by atoms with E-state index in [0.29, 0.717) is 0 Å². The van der Waals surface area contributed by atoms with Crippen LogP contribution in [-0.4, -0.2) is 31.2 Å². The minimum absolute atomic E-state index is 0.213. The first kappa shape index (κ1) is 16.1. The molecule has 4 nitrogen and oxygen atoms in total. The van der Waals surface area contributed by atoms with Crippen molar-refractivity contribution in [3.63, 3.8) is 0 Å². The van der Waals surface area contributed by atoms with E-state index in [4.69, 9.17) is 0 Å². The summed E-state index contributed by atoms with van der Waals surface area (Å²) >= 11 is 0. The first-order chi connectivity index (χ1) is 11.1. The Kier molecular flexibility index (Phi) is 4.71. The zero-order valence-corrected chi connectivity index (χ0v) is 14.5. The Morgan fingerprint density at radius 3 is 2.52 bits per heavy atom. The SMILES string of the molecule is CCN(CC)c1ccc2[nH]c(C)c(C[NH+]3CCCC3)c(=O)c2c1. The number of nitrogens with one attached hydrogen (secondary N) is 2. The Hall–Kier alpha value is -1.81. The summed E-state index contributed by atoms with van der Waals surface area (Å²) in [4.78, 5) is 20.3. The van der Waals surface area contributed by atoms with Crippen molar-refractivity contribution in [1.29, 1.82) is 0 Å². The number of nitrogens with zero attached hydrogens (tertiary/aromatic N) is 1. The van der Waals surface area contributed by atoms with Crippen LogP contribution in [0.25, 0.3) is 10.9 Å². The molecule has 2 heterocycles. The highest BCUT2D eigenvalue weighted by Gasteiger charge is 2.20. The van der Waals surface area contributed by atoms with Gasteiger partial charge in [0.1, 0.15) is 6.54 Å². The van der Waals surface area contributed by atoms with Gasteiger partial charge in [0.2, 0.25) is 0 Å². The number of rotatable bonds is 5. The Balaban J connectivity index is 2.05. The van der Waals surface area contributed by atoms with Crippen LogP contribution in [0.1, 0.15) is 37.9 Å². The Morgan fingerprint density at radius 2 is 1.87 bits per heavy atom. The van der Waals surface area contributed by atoms with E-state index in [1.165, 1.54) is 30.8 Å². The smallest absolute Gasteiger partial charge is 0.198 e. The van der Waals surface area contributed by atoms with Crippen molar-refractivity contribution in [2.75, 3.05) is 31.1 Å². The van der Waals surface area contributed by atoms with Crippen LogP contribution in [0.3, 0.4) is 0 Å². The standard InChI is InChI=1S/C19H27N3O/c1-4-22(5-2)15-8-9-18-16(12-15)19(23)17(14(3)20-18)13-21-10-6-7-11-21/h8-9,12H,4-7,10-11,13H2,1-3H3,(H,20,23)/p+1. The number of aryl methyl sites for hydroxylation is 1. The van der Waals surface area contributed by atoms with Crippen molar-refractivity contribution in [2.45, 2.75) is 40.2 Å². The molecule has 0 amide bonds. The van der Waals surface area contributed by atoms with E-state index in [0.717, 1.165) is 47.5 Å². The van der Waals surface area contributed by atoms with Crippen molar-refractivity contribution >= 4 is 16.6 Å². The van der Waals surface area contributed by atoms with Crippen LogP contribution in [0.2, 0.25) is 0 Å². The van der Waals surface area contributed by atoms with Crippen LogP contribution in [0.5, 0.6) is 0 Å². The van der Waals surface area contributed by atoms with E-state index < -0.39 is 0 Å². The number of fused-ring (bicyclic) bond motifs is 1. The van der Waals surface area contributed by atoms with E-state index in [1.807, 2.05) is 13.0 Å². The maximum Gasteiger partial charge on any atom is 0.198 e. The third-order valence-electron chi connectivity index (χ3n) is 5.16. The number of H-pyrrole nitrogens is 1. The fraction of sp³-hybridized carbons (Fsp3) is 0.526. The summed E-state index contributed by atoms with van der Waals surface area (Å²) in [6, 6.07) is 6.21. The molecule has 1 fully saturated rings. The first-order valence-electron chi connectivity index (χ1n) is 8.88. The van der Waals surface area contributed by atoms with Gasteiger partial charge in [-0.05, 0) is 39.0 Å². The normalized spacial score (nSPS) is 15.4. The molecule has 0 spiro atoms. The van der Waals surface area contributed by atoms with Crippen LogP contribution in [0, 0.1) is 6.92 Å². The minimum Gasteiger partial charge on any atom is -0.372 e. The molecule has 0 bridgehead atoms. The summed E-state index contributed by atoms with van der Waals surface area (Å²) in [5.74, 6) is 0. The second-order valence-corrected chi connectivity index (χ2v) is 6.59. The number of hydrogen-bond acceptors (Lipinski definition) is 2. The summed E-state index contributed by atoms with van der Waals surface area (Å²) < 4.78 is 0. The van der Waals surface area contributed by atoms with Gasteiger partial charge in [0.05, 0.1) is 18.7 Å². The lowest BCUT2D eigenvalue weighted by molar-refractivity contribution is -0.901. The minimum atomic E-state index is 0.213. The molecule has 23 heavy (non-hydrogen) atoms. The monoisotopic (exact) mass is 314 g/mol. The molecule has 4 heteroatoms. The first-order valence-corrected chi connectivity index (χ1v) is 8.88. The number of quaternary nitrogens is 1. The van der Waals surface area contributed by atoms with E-state index in [-0.39, 0.29) is 5.43 Å². The van der Waals surface area contributed by atoms with E-state index in [2.05, 4.69) is 35.9 Å². The summed E-state index contributed by atoms with van der Waals surface area (Å²) in [6.45, 7) is 11.5. The number of aromatic amines is 1. The fourth-order valence-electron chi connectivity index (χ4n) is 3.74. The molecule has 124 valence electrons. The van der Waals surface area contributed by atoms with Gasteiger partial charge in [-0.1, -0.05) is 0 Å². The van der Waals surface area contributed by atoms with E-state index >= 15 is 0 Å². The molecule has 0 unspecified atom stereocenters. The van der Waals surface area contributed by atoms with Crippen molar-refractivity contribution in [3.8, 4) is 0 Å². The molecular weight excluding hydrogens is 286 g/mol. The van der Waals surface area contributed by atoms with Gasteiger partial charge in [0.15, 0.2) is 5.43 Å². The highest BCUT2D eigenvalue weighted by Crippen LogP contribution is 2.20. The van der Waals surface area contributed by atoms with Gasteiger partial charge in [0.25, 0.3) is 0 Å². The molecule has 0 saturated carbocycles. The average Bonchev–Trinajstić information content (AvgIpc) is 3.06. The molecule has 0 radical (unpaired) electrons. The van der Waals surface area contributed by atoms with Crippen LogP contribution in [-0.2, 0) is 6.54 Å². The quantitative estimate of drug-likeness (QED) is 0.884. The third-order valence-corrected chi connectivity index (χ3v) is 5.16. The molecule has 0 aliphatic carbocycles. The lowest BCUT2D eigenvalue weighted by Gasteiger charge is -2.21. The molecule has 1 aliphatic heterocycles. The van der Waals surface area contributed by atoms with Gasteiger partial charge in [0, 0.05) is 48.2 Å². The number of hydrogen-bond donors (Lipinski definition) is 2. The molecular formula is C19H28N3O+. The number of aromatic nitrogens is 1. The summed E-state index contributed by atoms with van der Waals surface area (Å²) in [6.07, 6.45) is 2.57. The van der Waals surface area contributed by atoms with E-state index in [1.54, 1.807) is 0 Å². The zero-order valence-electron chi connectivity index (χ0n) is 14.5. The number of pyridine rings is 1. The summed E-state index contributed by atoms with van der Waals surface area (Å²) in [5.41, 5.74) is 4.29. The van der Waals surface area contributed by atoms with Gasteiger partial charge in [-0.2, -0.15) is 0 Å². The molecule has 0 atom stereocenters. The zero-order chi connectivity index (χ0) is 16.4. The molecule has 1 aromatic carbocycles. The Labute approximate surface area is 138 Å². The molecule has 2 aromatic rings. The number of anilines is 1. The van der Waals surface area contributed by atoms with Gasteiger partial charge >= 0.3 is 0 Å². The molecule has 1 aromatic heterocycles. The van der Waals surface area contributed by atoms with Crippen molar-refractivity contribution < 1.29 is 4.90 Å². The van der Waals surface area contributed by atoms with Gasteiger partial charge < -0.3 is 14.8 Å². The summed E-state index contributed by atoms with van der Waals surface area (Å²) in [5, 5.41) is 0.827. The van der Waals surface area contributed by atoms with Gasteiger partial charge in [-0.25, -0.2) is 0 Å². The maximum atomic E-state index is 13.0. The highest BCUT2D eigenvalue weighted by molar-refractivity contribution is 5.83. The van der Waals surface area contributed by atoms with Crippen LogP contribution >= 0.6 is 0 Å². The molecule has 1 aliphatic rings. The lowest BCUT2D eigenvalue weighted by Crippen LogP contribution is -3.08. The average molecular weight is 314 g/mol. The number of likely N-dealkylation sites (tertiary alicyclic amines) is 1. The second-order valence-electron chi connectivity index (χ2n) is 6.59. The number of benzene rings is 1. The maximum absolute atomic E-state index is 13.0. The molecule has 2 N–H and O–H groups in total.